The van der Waals surface area contributed by atoms with Crippen molar-refractivity contribution >= 4 is 29.0 Å². The molecule has 0 aliphatic carbocycles. The molecular formula is C35H38N4O7. The van der Waals surface area contributed by atoms with Crippen molar-refractivity contribution in [3.8, 4) is 23.0 Å². The number of carbonyl (C=O) groups excluding carboxylic acids is 1. The molecule has 0 saturated carbocycles. The summed E-state index contributed by atoms with van der Waals surface area (Å²) in [7, 11) is 6.94. The fourth-order valence-corrected chi connectivity index (χ4v) is 5.69. The fourth-order valence-electron chi connectivity index (χ4n) is 5.69. The van der Waals surface area contributed by atoms with Gasteiger partial charge in [0.2, 0.25) is 0 Å². The fraction of sp³-hybridized carbons (Fsp3) is 0.286. The minimum absolute atomic E-state index is 0.0172. The maximum Gasteiger partial charge on any atom is 0.270 e. The lowest BCUT2D eigenvalue weighted by Crippen LogP contribution is -2.34. The van der Waals surface area contributed by atoms with Gasteiger partial charge in [-0.2, -0.15) is 0 Å². The van der Waals surface area contributed by atoms with Gasteiger partial charge in [-0.05, 0) is 59.9 Å². The number of hydrogen-bond acceptors (Lipinski definition) is 10. The normalized spacial score (nSPS) is 13.5. The molecule has 4 aromatic rings. The van der Waals surface area contributed by atoms with E-state index in [9.17, 15) is 14.9 Å². The first-order valence-electron chi connectivity index (χ1n) is 14.9. The highest BCUT2D eigenvalue weighted by Gasteiger charge is 2.26. The Morgan fingerprint density at radius 2 is 1.54 bits per heavy atom. The lowest BCUT2D eigenvalue weighted by Gasteiger charge is -2.24. The van der Waals surface area contributed by atoms with Crippen molar-refractivity contribution < 1.29 is 28.7 Å². The molecule has 1 aliphatic rings. The van der Waals surface area contributed by atoms with Crippen molar-refractivity contribution in [1.82, 2.24) is 0 Å². The highest BCUT2D eigenvalue weighted by Crippen LogP contribution is 2.36. The van der Waals surface area contributed by atoms with Crippen LogP contribution in [0.5, 0.6) is 23.0 Å². The SMILES string of the molecule is CNc1cc(OCc2cc(COc3cc(NCC4Cc5ccccc5N4C)c(C=O)cc3OC)cc([N+](=O)[O-])c2)c(OC)cc1C. The van der Waals surface area contributed by atoms with E-state index in [1.807, 2.05) is 38.2 Å². The molecule has 4 aromatic carbocycles. The van der Waals surface area contributed by atoms with E-state index in [0.29, 0.717) is 51.9 Å². The van der Waals surface area contributed by atoms with E-state index in [-0.39, 0.29) is 24.9 Å². The summed E-state index contributed by atoms with van der Waals surface area (Å²) >= 11 is 0. The van der Waals surface area contributed by atoms with Gasteiger partial charge in [-0.3, -0.25) is 14.9 Å². The van der Waals surface area contributed by atoms with Crippen molar-refractivity contribution in [3.63, 3.8) is 0 Å². The van der Waals surface area contributed by atoms with Crippen LogP contribution in [-0.4, -0.2) is 52.1 Å². The third-order valence-corrected chi connectivity index (χ3v) is 8.18. The number of nitrogens with one attached hydrogen (secondary N) is 2. The Kier molecular flexibility index (Phi) is 9.80. The predicted octanol–water partition coefficient (Wildman–Crippen LogP) is 6.41. The van der Waals surface area contributed by atoms with Crippen LogP contribution in [0.2, 0.25) is 0 Å². The monoisotopic (exact) mass is 626 g/mol. The second-order valence-electron chi connectivity index (χ2n) is 11.1. The minimum Gasteiger partial charge on any atom is -0.493 e. The van der Waals surface area contributed by atoms with E-state index in [1.54, 1.807) is 25.3 Å². The van der Waals surface area contributed by atoms with Gasteiger partial charge in [0.25, 0.3) is 5.69 Å². The van der Waals surface area contributed by atoms with Crippen molar-refractivity contribution in [2.75, 3.05) is 50.4 Å². The Morgan fingerprint density at radius 3 is 2.13 bits per heavy atom. The smallest absolute Gasteiger partial charge is 0.270 e. The summed E-state index contributed by atoms with van der Waals surface area (Å²) in [5.74, 6) is 1.84. The molecule has 0 bridgehead atoms. The van der Waals surface area contributed by atoms with E-state index in [2.05, 4.69) is 34.7 Å². The highest BCUT2D eigenvalue weighted by molar-refractivity contribution is 5.86. The molecule has 0 radical (unpaired) electrons. The molecule has 1 aliphatic heterocycles. The van der Waals surface area contributed by atoms with Gasteiger partial charge in [0, 0.05) is 67.5 Å². The first kappa shape index (κ1) is 32.0. The number of methoxy groups -OCH3 is 2. The van der Waals surface area contributed by atoms with Crippen LogP contribution in [0.3, 0.4) is 0 Å². The number of hydrogen-bond donors (Lipinski definition) is 2. The molecule has 240 valence electrons. The first-order chi connectivity index (χ1) is 22.2. The number of benzene rings is 4. The summed E-state index contributed by atoms with van der Waals surface area (Å²) in [6, 6.07) is 20.3. The van der Waals surface area contributed by atoms with Crippen molar-refractivity contribution in [2.24, 2.45) is 0 Å². The molecule has 1 atom stereocenters. The van der Waals surface area contributed by atoms with E-state index < -0.39 is 4.92 Å². The number of carbonyl (C=O) groups is 1. The highest BCUT2D eigenvalue weighted by atomic mass is 16.6. The number of fused-ring (bicyclic) bond motifs is 1. The quantitative estimate of drug-likeness (QED) is 0.0922. The van der Waals surface area contributed by atoms with Crippen molar-refractivity contribution in [2.45, 2.75) is 32.6 Å². The van der Waals surface area contributed by atoms with Crippen molar-refractivity contribution in [1.29, 1.82) is 0 Å². The van der Waals surface area contributed by atoms with Gasteiger partial charge in [0.05, 0.1) is 25.2 Å². The number of non-ortho nitro benzene ring substituents is 1. The van der Waals surface area contributed by atoms with E-state index in [1.165, 1.54) is 30.5 Å². The van der Waals surface area contributed by atoms with Crippen LogP contribution >= 0.6 is 0 Å². The van der Waals surface area contributed by atoms with Crippen LogP contribution < -0.4 is 34.5 Å². The zero-order chi connectivity index (χ0) is 32.8. The summed E-state index contributed by atoms with van der Waals surface area (Å²) in [5.41, 5.74) is 6.48. The van der Waals surface area contributed by atoms with Crippen LogP contribution in [0, 0.1) is 17.0 Å². The van der Waals surface area contributed by atoms with Gasteiger partial charge in [0.15, 0.2) is 29.3 Å². The number of likely N-dealkylation sites (N-methyl/N-ethyl adjacent to an activating group) is 1. The van der Waals surface area contributed by atoms with Gasteiger partial charge in [-0.25, -0.2) is 0 Å². The van der Waals surface area contributed by atoms with Crippen molar-refractivity contribution in [3.05, 3.63) is 105 Å². The van der Waals surface area contributed by atoms with Gasteiger partial charge in [-0.1, -0.05) is 18.2 Å². The van der Waals surface area contributed by atoms with Gasteiger partial charge in [-0.15, -0.1) is 0 Å². The number of nitro benzene ring substituents is 1. The Hall–Kier alpha value is -5.45. The maximum atomic E-state index is 12.0. The molecule has 5 rings (SSSR count). The second-order valence-corrected chi connectivity index (χ2v) is 11.1. The molecule has 0 fully saturated rings. The number of aldehydes is 1. The van der Waals surface area contributed by atoms with Crippen LogP contribution in [0.1, 0.15) is 32.6 Å². The molecule has 11 heteroatoms. The zero-order valence-corrected chi connectivity index (χ0v) is 26.6. The molecule has 0 amide bonds. The number of aryl methyl sites for hydroxylation is 1. The number of nitrogens with zero attached hydrogens (tertiary/aromatic N) is 2. The predicted molar refractivity (Wildman–Crippen MR) is 178 cm³/mol. The third kappa shape index (κ3) is 6.93. The number of para-hydroxylation sites is 1. The summed E-state index contributed by atoms with van der Waals surface area (Å²) < 4.78 is 23.2. The summed E-state index contributed by atoms with van der Waals surface area (Å²) in [6.45, 7) is 2.65. The zero-order valence-electron chi connectivity index (χ0n) is 26.6. The Balaban J connectivity index is 1.33. The minimum atomic E-state index is -0.446. The molecule has 2 N–H and O–H groups in total. The molecule has 0 saturated heterocycles. The number of anilines is 3. The average Bonchev–Trinajstić information content (AvgIpc) is 3.40. The van der Waals surface area contributed by atoms with Crippen LogP contribution in [0.4, 0.5) is 22.7 Å². The van der Waals surface area contributed by atoms with E-state index in [4.69, 9.17) is 18.9 Å². The van der Waals surface area contributed by atoms with Crippen LogP contribution in [0.25, 0.3) is 0 Å². The van der Waals surface area contributed by atoms with Crippen LogP contribution in [-0.2, 0) is 19.6 Å². The Morgan fingerprint density at radius 1 is 0.913 bits per heavy atom. The van der Waals surface area contributed by atoms with E-state index >= 15 is 0 Å². The lowest BCUT2D eigenvalue weighted by molar-refractivity contribution is -0.385. The van der Waals surface area contributed by atoms with Gasteiger partial charge >= 0.3 is 0 Å². The van der Waals surface area contributed by atoms with Gasteiger partial charge in [0.1, 0.15) is 13.2 Å². The molecular weight excluding hydrogens is 588 g/mol. The summed E-state index contributed by atoms with van der Waals surface area (Å²) in [5, 5.41) is 18.3. The standard InChI is InChI=1S/C35H38N4O7/c1-22-10-32(43-4)34(16-29(22)36-2)45-20-23-11-24(13-27(12-23)39(41)42)21-46-35-17-30(26(19-40)15-33(35)44-5)37-18-28-14-25-8-6-7-9-31(25)38(28)3/h6-13,15-17,19,28,36-37H,14,18,20-21H2,1-5H3. The third-order valence-electron chi connectivity index (χ3n) is 8.18. The molecule has 0 spiro atoms. The number of rotatable bonds is 14. The van der Waals surface area contributed by atoms with Crippen LogP contribution in [0.15, 0.2) is 66.7 Å². The van der Waals surface area contributed by atoms with E-state index in [0.717, 1.165) is 24.0 Å². The summed E-state index contributed by atoms with van der Waals surface area (Å²) in [6.07, 6.45) is 1.67. The molecule has 1 heterocycles. The molecule has 0 aromatic heterocycles. The Labute approximate surface area is 268 Å². The first-order valence-corrected chi connectivity index (χ1v) is 14.9. The second kappa shape index (κ2) is 14.1. The van der Waals surface area contributed by atoms with Gasteiger partial charge < -0.3 is 34.5 Å². The molecule has 11 nitrogen and oxygen atoms in total. The molecule has 1 unspecified atom stereocenters. The lowest BCUT2D eigenvalue weighted by atomic mass is 10.1. The number of ether oxygens (including phenoxy) is 4. The molecule has 46 heavy (non-hydrogen) atoms. The Bertz CT molecular complexity index is 1740. The topological polar surface area (TPSA) is 124 Å². The average molecular weight is 627 g/mol. The summed E-state index contributed by atoms with van der Waals surface area (Å²) in [4.78, 5) is 25.6. The maximum absolute atomic E-state index is 12.0. The number of nitro groups is 1. The largest absolute Gasteiger partial charge is 0.493 e.